The van der Waals surface area contributed by atoms with Gasteiger partial charge in [-0.3, -0.25) is 4.79 Å². The molecule has 0 aliphatic heterocycles. The van der Waals surface area contributed by atoms with Crippen LogP contribution in [0.1, 0.15) is 18.1 Å². The Bertz CT molecular complexity index is 1470. The van der Waals surface area contributed by atoms with Crippen LogP contribution in [-0.4, -0.2) is 17.6 Å². The number of phenolic OH excluding ortho intramolecular Hbond substituents is 1. The van der Waals surface area contributed by atoms with Crippen LogP contribution < -0.4 is 14.8 Å². The number of ether oxygens (including phenoxy) is 2. The molecule has 0 unspecified atom stereocenters. The number of carbonyl (C=O) groups is 1. The average Bonchev–Trinajstić information content (AvgIpc) is 2.89. The Hall–Kier alpha value is -4.28. The SMILES string of the molecule is CCOc1cc(/C=C(\C#N)C(=O)Nc2ccc(O)cc2)c(Br)cc1OCc1ccc2ccccc2c1. The van der Waals surface area contributed by atoms with E-state index in [-0.39, 0.29) is 11.3 Å². The molecule has 0 heterocycles. The molecule has 0 saturated heterocycles. The van der Waals surface area contributed by atoms with E-state index < -0.39 is 5.91 Å². The topological polar surface area (TPSA) is 91.6 Å². The first-order chi connectivity index (χ1) is 17.5. The highest BCUT2D eigenvalue weighted by Crippen LogP contribution is 2.35. The number of carbonyl (C=O) groups excluding carboxylic acids is 1. The van der Waals surface area contributed by atoms with Crippen LogP contribution in [0.25, 0.3) is 16.8 Å². The van der Waals surface area contributed by atoms with Crippen molar-refractivity contribution in [3.63, 3.8) is 0 Å². The molecule has 0 aromatic heterocycles. The fraction of sp³-hybridized carbons (Fsp3) is 0.103. The molecular weight excluding hydrogens is 520 g/mol. The van der Waals surface area contributed by atoms with Crippen LogP contribution in [0.5, 0.6) is 17.2 Å². The molecule has 0 aliphatic rings. The van der Waals surface area contributed by atoms with Gasteiger partial charge in [0.15, 0.2) is 11.5 Å². The maximum Gasteiger partial charge on any atom is 0.266 e. The predicted octanol–water partition coefficient (Wildman–Crippen LogP) is 6.83. The van der Waals surface area contributed by atoms with Crippen LogP contribution >= 0.6 is 15.9 Å². The zero-order valence-electron chi connectivity index (χ0n) is 19.5. The molecule has 36 heavy (non-hydrogen) atoms. The van der Waals surface area contributed by atoms with Gasteiger partial charge in [0.25, 0.3) is 5.91 Å². The summed E-state index contributed by atoms with van der Waals surface area (Å²) in [5.74, 6) is 0.564. The normalized spacial score (nSPS) is 11.1. The number of aromatic hydroxyl groups is 1. The van der Waals surface area contributed by atoms with Gasteiger partial charge in [-0.2, -0.15) is 5.26 Å². The summed E-state index contributed by atoms with van der Waals surface area (Å²) in [5.41, 5.74) is 1.99. The van der Waals surface area contributed by atoms with Gasteiger partial charge >= 0.3 is 0 Å². The lowest BCUT2D eigenvalue weighted by molar-refractivity contribution is -0.112. The number of hydrogen-bond acceptors (Lipinski definition) is 5. The van der Waals surface area contributed by atoms with Gasteiger partial charge in [0.05, 0.1) is 6.61 Å². The number of nitrogens with zero attached hydrogens (tertiary/aromatic N) is 1. The van der Waals surface area contributed by atoms with Gasteiger partial charge in [-0.25, -0.2) is 0 Å². The van der Waals surface area contributed by atoms with E-state index in [4.69, 9.17) is 9.47 Å². The first-order valence-corrected chi connectivity index (χ1v) is 12.0. The summed E-state index contributed by atoms with van der Waals surface area (Å²) in [7, 11) is 0. The van der Waals surface area contributed by atoms with E-state index in [1.54, 1.807) is 24.3 Å². The van der Waals surface area contributed by atoms with Gasteiger partial charge < -0.3 is 19.9 Å². The van der Waals surface area contributed by atoms with E-state index >= 15 is 0 Å². The Labute approximate surface area is 217 Å². The van der Waals surface area contributed by atoms with Crippen molar-refractivity contribution >= 4 is 44.4 Å². The van der Waals surface area contributed by atoms with Crippen LogP contribution in [0.3, 0.4) is 0 Å². The maximum absolute atomic E-state index is 12.6. The second kappa shape index (κ2) is 11.4. The number of anilines is 1. The largest absolute Gasteiger partial charge is 0.508 e. The third-order valence-corrected chi connectivity index (χ3v) is 6.05. The van der Waals surface area contributed by atoms with Crippen LogP contribution in [-0.2, 0) is 11.4 Å². The van der Waals surface area contributed by atoms with Crippen molar-refractivity contribution in [3.8, 4) is 23.3 Å². The lowest BCUT2D eigenvalue weighted by Crippen LogP contribution is -2.13. The Morgan fingerprint density at radius 3 is 2.44 bits per heavy atom. The van der Waals surface area contributed by atoms with Crippen molar-refractivity contribution in [1.82, 2.24) is 0 Å². The fourth-order valence-electron chi connectivity index (χ4n) is 3.58. The van der Waals surface area contributed by atoms with Gasteiger partial charge in [-0.1, -0.05) is 52.3 Å². The second-order valence-corrected chi connectivity index (χ2v) is 8.75. The second-order valence-electron chi connectivity index (χ2n) is 7.89. The summed E-state index contributed by atoms with van der Waals surface area (Å²) in [6.07, 6.45) is 1.48. The third-order valence-electron chi connectivity index (χ3n) is 5.36. The molecule has 1 amide bonds. The average molecular weight is 543 g/mol. The molecule has 0 radical (unpaired) electrons. The lowest BCUT2D eigenvalue weighted by atomic mass is 10.1. The molecule has 0 fully saturated rings. The first kappa shape index (κ1) is 24.8. The number of halogens is 1. The monoisotopic (exact) mass is 542 g/mol. The van der Waals surface area contributed by atoms with Crippen molar-refractivity contribution in [2.24, 2.45) is 0 Å². The Morgan fingerprint density at radius 2 is 1.72 bits per heavy atom. The summed E-state index contributed by atoms with van der Waals surface area (Å²) < 4.78 is 12.5. The van der Waals surface area contributed by atoms with Crippen molar-refractivity contribution in [2.75, 3.05) is 11.9 Å². The molecular formula is C29H23BrN2O4. The molecule has 0 atom stereocenters. The number of rotatable bonds is 8. The van der Waals surface area contributed by atoms with Crippen LogP contribution in [0.2, 0.25) is 0 Å². The minimum absolute atomic E-state index is 0.0827. The number of nitrogens with one attached hydrogen (secondary N) is 1. The molecule has 0 bridgehead atoms. The van der Waals surface area contributed by atoms with Gasteiger partial charge in [0, 0.05) is 10.2 Å². The molecule has 6 nitrogen and oxygen atoms in total. The van der Waals surface area contributed by atoms with E-state index in [9.17, 15) is 15.2 Å². The number of amides is 1. The Morgan fingerprint density at radius 1 is 1.00 bits per heavy atom. The van der Waals surface area contributed by atoms with Crippen LogP contribution in [0.15, 0.2) is 88.9 Å². The molecule has 4 aromatic rings. The van der Waals surface area contributed by atoms with Gasteiger partial charge in [-0.05, 0) is 77.4 Å². The zero-order chi connectivity index (χ0) is 25.5. The Kier molecular flexibility index (Phi) is 7.89. The van der Waals surface area contributed by atoms with Crippen molar-refractivity contribution in [1.29, 1.82) is 5.26 Å². The van der Waals surface area contributed by atoms with Crippen LogP contribution in [0.4, 0.5) is 5.69 Å². The molecule has 0 saturated carbocycles. The van der Waals surface area contributed by atoms with Gasteiger partial charge in [0.1, 0.15) is 24.0 Å². The van der Waals surface area contributed by atoms with Crippen molar-refractivity contribution < 1.29 is 19.4 Å². The minimum atomic E-state index is -0.565. The summed E-state index contributed by atoms with van der Waals surface area (Å²) in [5, 5.41) is 24.0. The summed E-state index contributed by atoms with van der Waals surface area (Å²) in [4.78, 5) is 12.6. The highest BCUT2D eigenvalue weighted by molar-refractivity contribution is 9.10. The number of hydrogen-bond donors (Lipinski definition) is 2. The summed E-state index contributed by atoms with van der Waals surface area (Å²) in [6, 6.07) is 25.8. The van der Waals surface area contributed by atoms with E-state index in [0.717, 1.165) is 16.3 Å². The molecule has 7 heteroatoms. The molecule has 4 rings (SSSR count). The standard InChI is InChI=1S/C29H23BrN2O4/c1-2-35-27-15-22(14-23(17-31)29(34)32-24-9-11-25(33)12-10-24)26(30)16-28(27)36-18-19-7-8-20-5-3-4-6-21(20)13-19/h3-16,33H,2,18H2,1H3,(H,32,34)/b23-14+. The molecule has 4 aromatic carbocycles. The van der Waals surface area contributed by atoms with Gasteiger partial charge in [-0.15, -0.1) is 0 Å². The fourth-order valence-corrected chi connectivity index (χ4v) is 4.02. The van der Waals surface area contributed by atoms with E-state index in [2.05, 4.69) is 45.5 Å². The minimum Gasteiger partial charge on any atom is -0.508 e. The Balaban J connectivity index is 1.56. The zero-order valence-corrected chi connectivity index (χ0v) is 21.1. The first-order valence-electron chi connectivity index (χ1n) is 11.3. The predicted molar refractivity (Wildman–Crippen MR) is 144 cm³/mol. The van der Waals surface area contributed by atoms with E-state index in [0.29, 0.717) is 40.4 Å². The maximum atomic E-state index is 12.6. The van der Waals surface area contributed by atoms with E-state index in [1.165, 1.54) is 18.2 Å². The molecule has 180 valence electrons. The number of benzene rings is 4. The van der Waals surface area contributed by atoms with Crippen molar-refractivity contribution in [3.05, 3.63) is 100 Å². The number of nitriles is 1. The molecule has 0 aliphatic carbocycles. The highest BCUT2D eigenvalue weighted by Gasteiger charge is 2.14. The smallest absolute Gasteiger partial charge is 0.266 e. The molecule has 2 N–H and O–H groups in total. The van der Waals surface area contributed by atoms with Gasteiger partial charge in [0.2, 0.25) is 0 Å². The summed E-state index contributed by atoms with van der Waals surface area (Å²) >= 11 is 3.52. The summed E-state index contributed by atoms with van der Waals surface area (Å²) in [6.45, 7) is 2.64. The lowest BCUT2D eigenvalue weighted by Gasteiger charge is -2.14. The van der Waals surface area contributed by atoms with E-state index in [1.807, 2.05) is 31.2 Å². The third kappa shape index (κ3) is 6.04. The molecule has 0 spiro atoms. The number of phenols is 1. The van der Waals surface area contributed by atoms with Crippen LogP contribution in [0, 0.1) is 11.3 Å². The highest BCUT2D eigenvalue weighted by atomic mass is 79.9. The number of fused-ring (bicyclic) bond motifs is 1. The van der Waals surface area contributed by atoms with Crippen molar-refractivity contribution in [2.45, 2.75) is 13.5 Å². The quantitative estimate of drug-likeness (QED) is 0.144.